The molecule has 0 aromatic heterocycles. The Morgan fingerprint density at radius 2 is 1.95 bits per heavy atom. The zero-order valence-corrected chi connectivity index (χ0v) is 12.6. The van der Waals surface area contributed by atoms with Crippen LogP contribution >= 0.6 is 0 Å². The zero-order valence-electron chi connectivity index (χ0n) is 12.6. The lowest BCUT2D eigenvalue weighted by molar-refractivity contribution is 0.109. The average Bonchev–Trinajstić information content (AvgIpc) is 2.45. The molecule has 1 saturated carbocycles. The molecule has 0 spiro atoms. The second-order valence-electron chi connectivity index (χ2n) is 5.56. The number of aliphatic hydroxyl groups excluding tert-OH is 2. The molecule has 0 bridgehead atoms. The fraction of sp³-hybridized carbons (Fsp3) is 0.556. The van der Waals surface area contributed by atoms with Crippen molar-refractivity contribution in [2.24, 2.45) is 0 Å². The SMILES string of the molecule is OCCC#Cc1ccccc1CN(CCCO)C1CCC1. The molecule has 0 radical (unpaired) electrons. The highest BCUT2D eigenvalue weighted by Gasteiger charge is 2.24. The first-order valence-electron chi connectivity index (χ1n) is 7.87. The minimum absolute atomic E-state index is 0.111. The molecule has 0 aliphatic heterocycles. The first-order valence-corrected chi connectivity index (χ1v) is 7.87. The molecule has 0 amide bonds. The average molecular weight is 287 g/mol. The van der Waals surface area contributed by atoms with E-state index in [0.717, 1.165) is 25.1 Å². The zero-order chi connectivity index (χ0) is 14.9. The number of benzene rings is 1. The number of hydrogen-bond donors (Lipinski definition) is 2. The normalized spacial score (nSPS) is 14.6. The van der Waals surface area contributed by atoms with Crippen LogP contribution in [0.3, 0.4) is 0 Å². The van der Waals surface area contributed by atoms with Crippen molar-refractivity contribution in [3.63, 3.8) is 0 Å². The van der Waals surface area contributed by atoms with Crippen molar-refractivity contribution in [2.75, 3.05) is 19.8 Å². The van der Waals surface area contributed by atoms with Gasteiger partial charge in [0.05, 0.1) is 6.61 Å². The summed E-state index contributed by atoms with van der Waals surface area (Å²) in [5.41, 5.74) is 2.30. The van der Waals surface area contributed by atoms with Crippen LogP contribution in [0.4, 0.5) is 0 Å². The van der Waals surface area contributed by atoms with E-state index in [9.17, 15) is 0 Å². The molecule has 1 fully saturated rings. The van der Waals surface area contributed by atoms with Crippen LogP contribution in [-0.2, 0) is 6.54 Å². The van der Waals surface area contributed by atoms with Gasteiger partial charge in [0.2, 0.25) is 0 Å². The molecule has 0 saturated heterocycles. The Morgan fingerprint density at radius 3 is 2.62 bits per heavy atom. The van der Waals surface area contributed by atoms with Gasteiger partial charge in [0.1, 0.15) is 0 Å². The molecule has 3 nitrogen and oxygen atoms in total. The Labute approximate surface area is 127 Å². The fourth-order valence-corrected chi connectivity index (χ4v) is 2.63. The van der Waals surface area contributed by atoms with E-state index < -0.39 is 0 Å². The van der Waals surface area contributed by atoms with E-state index in [1.54, 1.807) is 0 Å². The topological polar surface area (TPSA) is 43.7 Å². The number of nitrogens with zero attached hydrogens (tertiary/aromatic N) is 1. The number of hydrogen-bond acceptors (Lipinski definition) is 3. The van der Waals surface area contributed by atoms with Gasteiger partial charge in [0.25, 0.3) is 0 Å². The first kappa shape index (κ1) is 16.0. The van der Waals surface area contributed by atoms with E-state index in [-0.39, 0.29) is 13.2 Å². The Balaban J connectivity index is 2.06. The molecule has 0 heterocycles. The Bertz CT molecular complexity index is 485. The van der Waals surface area contributed by atoms with Crippen molar-refractivity contribution in [1.29, 1.82) is 0 Å². The van der Waals surface area contributed by atoms with Crippen molar-refractivity contribution >= 4 is 0 Å². The smallest absolute Gasteiger partial charge is 0.0540 e. The minimum Gasteiger partial charge on any atom is -0.396 e. The van der Waals surface area contributed by atoms with E-state index in [4.69, 9.17) is 10.2 Å². The van der Waals surface area contributed by atoms with Crippen LogP contribution in [-0.4, -0.2) is 40.9 Å². The molecule has 0 atom stereocenters. The summed E-state index contributed by atoms with van der Waals surface area (Å²) in [6, 6.07) is 8.90. The summed E-state index contributed by atoms with van der Waals surface area (Å²) >= 11 is 0. The summed E-state index contributed by atoms with van der Waals surface area (Å²) in [6.45, 7) is 2.20. The second kappa shape index (κ2) is 8.84. The quantitative estimate of drug-likeness (QED) is 0.755. The standard InChI is InChI=1S/C18H25NO2/c20-13-4-3-8-16-7-1-2-9-17(16)15-19(12-6-14-21)18-10-5-11-18/h1-2,7,9,18,20-21H,4-6,10-15H2. The van der Waals surface area contributed by atoms with Crippen LogP contribution in [0.1, 0.15) is 43.2 Å². The summed E-state index contributed by atoms with van der Waals surface area (Å²) in [5.74, 6) is 6.17. The molecule has 0 unspecified atom stereocenters. The third-order valence-electron chi connectivity index (χ3n) is 4.05. The van der Waals surface area contributed by atoms with Crippen molar-refractivity contribution in [1.82, 2.24) is 4.90 Å². The first-order chi connectivity index (χ1) is 10.3. The second-order valence-corrected chi connectivity index (χ2v) is 5.56. The monoisotopic (exact) mass is 287 g/mol. The maximum Gasteiger partial charge on any atom is 0.0540 e. The van der Waals surface area contributed by atoms with Gasteiger partial charge in [-0.3, -0.25) is 4.90 Å². The highest BCUT2D eigenvalue weighted by Crippen LogP contribution is 2.27. The lowest BCUT2D eigenvalue weighted by Crippen LogP contribution is -2.40. The highest BCUT2D eigenvalue weighted by atomic mass is 16.3. The van der Waals surface area contributed by atoms with Crippen molar-refractivity contribution in [3.8, 4) is 11.8 Å². The molecule has 21 heavy (non-hydrogen) atoms. The van der Waals surface area contributed by atoms with E-state index in [0.29, 0.717) is 12.5 Å². The predicted octanol–water partition coefficient (Wildman–Crippen LogP) is 2.16. The molecule has 1 aromatic carbocycles. The van der Waals surface area contributed by atoms with Crippen molar-refractivity contribution in [2.45, 2.75) is 44.7 Å². The van der Waals surface area contributed by atoms with Crippen LogP contribution in [0.2, 0.25) is 0 Å². The van der Waals surface area contributed by atoms with Gasteiger partial charge < -0.3 is 10.2 Å². The van der Waals surface area contributed by atoms with Crippen molar-refractivity contribution < 1.29 is 10.2 Å². The van der Waals surface area contributed by atoms with Gasteiger partial charge in [-0.15, -0.1) is 0 Å². The summed E-state index contributed by atoms with van der Waals surface area (Å²) < 4.78 is 0. The largest absolute Gasteiger partial charge is 0.396 e. The Kier molecular flexibility index (Phi) is 6.75. The minimum atomic E-state index is 0.111. The molecule has 2 rings (SSSR count). The molecule has 1 aliphatic rings. The van der Waals surface area contributed by atoms with E-state index in [2.05, 4.69) is 28.9 Å². The molecule has 2 N–H and O–H groups in total. The summed E-state index contributed by atoms with van der Waals surface area (Å²) in [7, 11) is 0. The molecule has 1 aliphatic carbocycles. The number of rotatable bonds is 7. The summed E-state index contributed by atoms with van der Waals surface area (Å²) in [4.78, 5) is 2.48. The molecule has 3 heteroatoms. The van der Waals surface area contributed by atoms with Gasteiger partial charge in [-0.05, 0) is 30.9 Å². The van der Waals surface area contributed by atoms with Crippen LogP contribution < -0.4 is 0 Å². The number of aliphatic hydroxyl groups is 2. The van der Waals surface area contributed by atoms with Crippen LogP contribution in [0.25, 0.3) is 0 Å². The highest BCUT2D eigenvalue weighted by molar-refractivity contribution is 5.41. The Morgan fingerprint density at radius 1 is 1.14 bits per heavy atom. The maximum absolute atomic E-state index is 9.08. The van der Waals surface area contributed by atoms with Crippen LogP contribution in [0, 0.1) is 11.8 Å². The summed E-state index contributed by atoms with van der Waals surface area (Å²) in [5, 5.41) is 17.9. The lowest BCUT2D eigenvalue weighted by Gasteiger charge is -2.37. The van der Waals surface area contributed by atoms with Crippen LogP contribution in [0.15, 0.2) is 24.3 Å². The van der Waals surface area contributed by atoms with Crippen molar-refractivity contribution in [3.05, 3.63) is 35.4 Å². The van der Waals surface area contributed by atoms with Gasteiger partial charge >= 0.3 is 0 Å². The fourth-order valence-electron chi connectivity index (χ4n) is 2.63. The van der Waals surface area contributed by atoms with Crippen LogP contribution in [0.5, 0.6) is 0 Å². The molecular formula is C18H25NO2. The van der Waals surface area contributed by atoms with E-state index >= 15 is 0 Å². The van der Waals surface area contributed by atoms with Gasteiger partial charge in [-0.25, -0.2) is 0 Å². The third-order valence-corrected chi connectivity index (χ3v) is 4.05. The molecule has 1 aromatic rings. The van der Waals surface area contributed by atoms with E-state index in [1.807, 2.05) is 12.1 Å². The van der Waals surface area contributed by atoms with Gasteiger partial charge in [-0.1, -0.05) is 36.5 Å². The summed E-state index contributed by atoms with van der Waals surface area (Å²) in [6.07, 6.45) is 5.20. The van der Waals surface area contributed by atoms with E-state index in [1.165, 1.54) is 24.8 Å². The predicted molar refractivity (Wildman–Crippen MR) is 84.8 cm³/mol. The molecular weight excluding hydrogens is 262 g/mol. The third kappa shape index (κ3) is 4.86. The Hall–Kier alpha value is -1.34. The molecule has 114 valence electrons. The van der Waals surface area contributed by atoms with Gasteiger partial charge in [0.15, 0.2) is 0 Å². The lowest BCUT2D eigenvalue weighted by atomic mass is 9.90. The van der Waals surface area contributed by atoms with Gasteiger partial charge in [0, 0.05) is 37.7 Å². The maximum atomic E-state index is 9.08. The van der Waals surface area contributed by atoms with Gasteiger partial charge in [-0.2, -0.15) is 0 Å².